The lowest BCUT2D eigenvalue weighted by atomic mass is 10.0. The van der Waals surface area contributed by atoms with E-state index in [1.54, 1.807) is 11.1 Å². The second-order valence-electron chi connectivity index (χ2n) is 7.18. The van der Waals surface area contributed by atoms with E-state index >= 15 is 0 Å². The third-order valence-electron chi connectivity index (χ3n) is 5.55. The maximum atomic E-state index is 13.2. The van der Waals surface area contributed by atoms with Gasteiger partial charge in [-0.15, -0.1) is 0 Å². The van der Waals surface area contributed by atoms with Crippen molar-refractivity contribution in [1.82, 2.24) is 9.47 Å². The number of aromatic nitrogens is 1. The fourth-order valence-electron chi connectivity index (χ4n) is 4.12. The number of carbonyl (C=O) groups is 1. The molecular formula is C20H20N2O4. The topological polar surface area (TPSA) is 60.8 Å². The number of carbonyl (C=O) groups excluding carboxylic acids is 1. The van der Waals surface area contributed by atoms with Crippen LogP contribution >= 0.6 is 0 Å². The number of fused-ring (bicyclic) bond motifs is 4. The van der Waals surface area contributed by atoms with E-state index in [0.717, 1.165) is 24.8 Å². The Labute approximate surface area is 150 Å². The highest BCUT2D eigenvalue weighted by Gasteiger charge is 2.60. The number of ether oxygens (including phenoxy) is 2. The molecule has 1 aromatic heterocycles. The standard InChI is InChI=1S/C20H20N2O4/c23-15-7-11-22-16(17(15)26-13-14-5-2-1-3-6-14)18(24)21-10-4-12-25-19(21)20(22)8-9-20/h1-3,5-7,11,19H,4,8-10,12-13H2. The van der Waals surface area contributed by atoms with E-state index in [0.29, 0.717) is 18.8 Å². The van der Waals surface area contributed by atoms with Gasteiger partial charge in [0, 0.05) is 18.8 Å². The molecule has 1 saturated heterocycles. The normalized spacial score (nSPS) is 22.7. The van der Waals surface area contributed by atoms with E-state index in [1.807, 2.05) is 34.9 Å². The molecule has 0 bridgehead atoms. The van der Waals surface area contributed by atoms with Crippen molar-refractivity contribution in [3.8, 4) is 5.75 Å². The Hall–Kier alpha value is -2.60. The first kappa shape index (κ1) is 15.6. The molecule has 2 fully saturated rings. The van der Waals surface area contributed by atoms with Crippen LogP contribution in [0.3, 0.4) is 0 Å². The van der Waals surface area contributed by atoms with Gasteiger partial charge in [-0.2, -0.15) is 0 Å². The monoisotopic (exact) mass is 352 g/mol. The summed E-state index contributed by atoms with van der Waals surface area (Å²) < 4.78 is 13.8. The summed E-state index contributed by atoms with van der Waals surface area (Å²) in [5.74, 6) is -0.0235. The Morgan fingerprint density at radius 2 is 1.96 bits per heavy atom. The van der Waals surface area contributed by atoms with Gasteiger partial charge in [0.2, 0.25) is 5.43 Å². The minimum absolute atomic E-state index is 0.150. The molecule has 2 aromatic rings. The fraction of sp³-hybridized carbons (Fsp3) is 0.400. The Morgan fingerprint density at radius 1 is 1.15 bits per heavy atom. The first-order valence-electron chi connectivity index (χ1n) is 9.06. The van der Waals surface area contributed by atoms with Crippen LogP contribution in [0.5, 0.6) is 5.75 Å². The summed E-state index contributed by atoms with van der Waals surface area (Å²) >= 11 is 0. The molecule has 6 nitrogen and oxygen atoms in total. The van der Waals surface area contributed by atoms with Crippen molar-refractivity contribution < 1.29 is 14.3 Å². The van der Waals surface area contributed by atoms with Crippen LogP contribution < -0.4 is 10.2 Å². The number of hydrogen-bond donors (Lipinski definition) is 0. The van der Waals surface area contributed by atoms with Crippen LogP contribution in [-0.2, 0) is 16.9 Å². The molecule has 1 aromatic carbocycles. The summed E-state index contributed by atoms with van der Waals surface area (Å²) in [5.41, 5.74) is 0.820. The second kappa shape index (κ2) is 5.71. The van der Waals surface area contributed by atoms with Crippen molar-refractivity contribution in [3.63, 3.8) is 0 Å². The summed E-state index contributed by atoms with van der Waals surface area (Å²) in [6, 6.07) is 11.1. The van der Waals surface area contributed by atoms with E-state index in [4.69, 9.17) is 9.47 Å². The van der Waals surface area contributed by atoms with Gasteiger partial charge in [-0.3, -0.25) is 9.59 Å². The van der Waals surface area contributed by atoms with Gasteiger partial charge in [0.05, 0.1) is 12.1 Å². The Kier molecular flexibility index (Phi) is 3.43. The molecule has 26 heavy (non-hydrogen) atoms. The van der Waals surface area contributed by atoms with Crippen molar-refractivity contribution in [2.45, 2.75) is 37.6 Å². The molecule has 1 aliphatic carbocycles. The van der Waals surface area contributed by atoms with Gasteiger partial charge in [-0.1, -0.05) is 30.3 Å². The molecule has 1 unspecified atom stereocenters. The van der Waals surface area contributed by atoms with Crippen molar-refractivity contribution in [3.05, 3.63) is 64.1 Å². The molecule has 5 rings (SSSR count). The third-order valence-corrected chi connectivity index (χ3v) is 5.55. The minimum atomic E-state index is -0.257. The predicted octanol–water partition coefficient (Wildman–Crippen LogP) is 2.12. The first-order valence-corrected chi connectivity index (χ1v) is 9.06. The van der Waals surface area contributed by atoms with Gasteiger partial charge in [0.25, 0.3) is 5.91 Å². The molecule has 2 aliphatic heterocycles. The number of pyridine rings is 1. The third kappa shape index (κ3) is 2.22. The van der Waals surface area contributed by atoms with Crippen LogP contribution in [0.25, 0.3) is 0 Å². The van der Waals surface area contributed by atoms with Gasteiger partial charge in [0.1, 0.15) is 6.61 Å². The van der Waals surface area contributed by atoms with E-state index in [2.05, 4.69) is 0 Å². The number of benzene rings is 1. The molecular weight excluding hydrogens is 332 g/mol. The summed E-state index contributed by atoms with van der Waals surface area (Å²) in [5, 5.41) is 0. The van der Waals surface area contributed by atoms with E-state index in [9.17, 15) is 9.59 Å². The van der Waals surface area contributed by atoms with Crippen molar-refractivity contribution >= 4 is 5.91 Å². The Balaban J connectivity index is 1.58. The summed E-state index contributed by atoms with van der Waals surface area (Å²) in [4.78, 5) is 27.4. The molecule has 1 saturated carbocycles. The zero-order valence-electron chi connectivity index (χ0n) is 14.4. The zero-order valence-corrected chi connectivity index (χ0v) is 14.4. The highest BCUT2D eigenvalue weighted by molar-refractivity contribution is 5.96. The summed E-state index contributed by atoms with van der Waals surface area (Å²) in [7, 11) is 0. The number of rotatable bonds is 3. The van der Waals surface area contributed by atoms with Crippen LogP contribution in [0.15, 0.2) is 47.4 Å². The van der Waals surface area contributed by atoms with Crippen molar-refractivity contribution in [2.24, 2.45) is 0 Å². The molecule has 0 radical (unpaired) electrons. The average Bonchev–Trinajstić information content (AvgIpc) is 3.48. The molecule has 6 heteroatoms. The molecule has 134 valence electrons. The van der Waals surface area contributed by atoms with Gasteiger partial charge in [-0.05, 0) is 24.8 Å². The average molecular weight is 352 g/mol. The molecule has 3 heterocycles. The van der Waals surface area contributed by atoms with Crippen LogP contribution in [0, 0.1) is 0 Å². The highest BCUT2D eigenvalue weighted by atomic mass is 16.5. The first-order chi connectivity index (χ1) is 12.7. The fourth-order valence-corrected chi connectivity index (χ4v) is 4.12. The lowest BCUT2D eigenvalue weighted by Crippen LogP contribution is -2.59. The molecule has 3 aliphatic rings. The smallest absolute Gasteiger partial charge is 0.276 e. The molecule has 1 amide bonds. The second-order valence-corrected chi connectivity index (χ2v) is 7.18. The van der Waals surface area contributed by atoms with Crippen molar-refractivity contribution in [2.75, 3.05) is 13.2 Å². The van der Waals surface area contributed by atoms with Crippen LogP contribution in [-0.4, -0.2) is 34.8 Å². The minimum Gasteiger partial charge on any atom is -0.483 e. The van der Waals surface area contributed by atoms with Gasteiger partial charge >= 0.3 is 0 Å². The summed E-state index contributed by atoms with van der Waals surface area (Å²) in [6.07, 6.45) is 4.19. The summed E-state index contributed by atoms with van der Waals surface area (Å²) in [6.45, 7) is 1.59. The molecule has 0 N–H and O–H groups in total. The maximum absolute atomic E-state index is 13.2. The lowest BCUT2D eigenvalue weighted by molar-refractivity contribution is -0.120. The molecule has 1 spiro atoms. The van der Waals surface area contributed by atoms with E-state index in [-0.39, 0.29) is 35.5 Å². The largest absolute Gasteiger partial charge is 0.483 e. The van der Waals surface area contributed by atoms with E-state index in [1.165, 1.54) is 6.07 Å². The maximum Gasteiger partial charge on any atom is 0.276 e. The van der Waals surface area contributed by atoms with Crippen LogP contribution in [0.2, 0.25) is 0 Å². The number of hydrogen-bond acceptors (Lipinski definition) is 4. The highest BCUT2D eigenvalue weighted by Crippen LogP contribution is 2.53. The van der Waals surface area contributed by atoms with E-state index < -0.39 is 0 Å². The Bertz CT molecular complexity index is 917. The number of nitrogens with zero attached hydrogens (tertiary/aromatic N) is 2. The van der Waals surface area contributed by atoms with Gasteiger partial charge in [0.15, 0.2) is 17.7 Å². The molecule has 1 atom stereocenters. The quantitative estimate of drug-likeness (QED) is 0.849. The van der Waals surface area contributed by atoms with Gasteiger partial charge < -0.3 is 18.9 Å². The lowest BCUT2D eigenvalue weighted by Gasteiger charge is -2.46. The van der Waals surface area contributed by atoms with Gasteiger partial charge in [-0.25, -0.2) is 0 Å². The predicted molar refractivity (Wildman–Crippen MR) is 94.1 cm³/mol. The zero-order chi connectivity index (χ0) is 17.7. The number of amides is 1. The van der Waals surface area contributed by atoms with Crippen LogP contribution in [0.4, 0.5) is 0 Å². The van der Waals surface area contributed by atoms with Crippen LogP contribution in [0.1, 0.15) is 35.3 Å². The Morgan fingerprint density at radius 3 is 2.73 bits per heavy atom. The SMILES string of the molecule is O=C1c2c(OCc3ccccc3)c(=O)ccn2C2(CC2)C2OCCCN12. The van der Waals surface area contributed by atoms with Crippen molar-refractivity contribution in [1.29, 1.82) is 0 Å².